The van der Waals surface area contributed by atoms with E-state index in [1.807, 2.05) is 12.1 Å². The number of hydrogen-bond donors (Lipinski definition) is 1. The van der Waals surface area contributed by atoms with Gasteiger partial charge in [-0.3, -0.25) is 0 Å². The number of pyridine rings is 1. The average Bonchev–Trinajstić information content (AvgIpc) is 2.16. The Balaban J connectivity index is 2.56. The smallest absolute Gasteiger partial charge is 0.126 e. The molecule has 3 nitrogen and oxygen atoms in total. The van der Waals surface area contributed by atoms with Gasteiger partial charge in [0.05, 0.1) is 6.61 Å². The highest BCUT2D eigenvalue weighted by Crippen LogP contribution is 2.07. The third-order valence-corrected chi connectivity index (χ3v) is 1.69. The molecule has 0 spiro atoms. The molecule has 0 saturated heterocycles. The highest BCUT2D eigenvalue weighted by Gasteiger charge is 1.95. The van der Waals surface area contributed by atoms with Crippen LogP contribution in [-0.2, 0) is 11.3 Å². The molecule has 0 radical (unpaired) electrons. The summed E-state index contributed by atoms with van der Waals surface area (Å²) < 4.78 is 5.03. The maximum atomic E-state index is 5.03. The van der Waals surface area contributed by atoms with E-state index in [2.05, 4.69) is 17.2 Å². The van der Waals surface area contributed by atoms with Gasteiger partial charge in [0, 0.05) is 19.9 Å². The second-order valence-corrected chi connectivity index (χ2v) is 2.91. The molecule has 0 fully saturated rings. The molecule has 1 heterocycles. The minimum absolute atomic E-state index is 0.642. The minimum atomic E-state index is 0.642. The summed E-state index contributed by atoms with van der Waals surface area (Å²) in [6.07, 6.45) is 2.91. The highest BCUT2D eigenvalue weighted by atomic mass is 16.5. The van der Waals surface area contributed by atoms with E-state index >= 15 is 0 Å². The summed E-state index contributed by atoms with van der Waals surface area (Å²) >= 11 is 0. The normalized spacial score (nSPS) is 10.0. The molecule has 1 rings (SSSR count). The average molecular weight is 180 g/mol. The molecule has 0 saturated carbocycles. The van der Waals surface area contributed by atoms with Crippen LogP contribution >= 0.6 is 0 Å². The van der Waals surface area contributed by atoms with Gasteiger partial charge >= 0.3 is 0 Å². The van der Waals surface area contributed by atoms with Gasteiger partial charge in [-0.05, 0) is 24.1 Å². The van der Waals surface area contributed by atoms with E-state index in [1.165, 1.54) is 0 Å². The summed E-state index contributed by atoms with van der Waals surface area (Å²) in [7, 11) is 1.69. The van der Waals surface area contributed by atoms with Crippen LogP contribution in [0, 0.1) is 0 Å². The van der Waals surface area contributed by atoms with Crippen LogP contribution in [0.5, 0.6) is 0 Å². The van der Waals surface area contributed by atoms with Gasteiger partial charge in [0.25, 0.3) is 0 Å². The molecule has 0 unspecified atom stereocenters. The summed E-state index contributed by atoms with van der Waals surface area (Å²) in [5.41, 5.74) is 1.15. The lowest BCUT2D eigenvalue weighted by Gasteiger charge is -2.05. The fraction of sp³-hybridized carbons (Fsp3) is 0.500. The topological polar surface area (TPSA) is 34.1 Å². The zero-order valence-corrected chi connectivity index (χ0v) is 8.21. The summed E-state index contributed by atoms with van der Waals surface area (Å²) in [5, 5.41) is 3.23. The van der Waals surface area contributed by atoms with E-state index in [1.54, 1.807) is 13.3 Å². The molecule has 0 aliphatic rings. The molecule has 1 aromatic rings. The zero-order valence-electron chi connectivity index (χ0n) is 8.21. The van der Waals surface area contributed by atoms with Gasteiger partial charge in [0.1, 0.15) is 5.82 Å². The third kappa shape index (κ3) is 3.42. The Kier molecular flexibility index (Phi) is 4.26. The Hall–Kier alpha value is -1.09. The highest BCUT2D eigenvalue weighted by molar-refractivity contribution is 5.37. The number of hydrogen-bond acceptors (Lipinski definition) is 3. The maximum Gasteiger partial charge on any atom is 0.126 e. The van der Waals surface area contributed by atoms with Crippen LogP contribution in [-0.4, -0.2) is 18.6 Å². The predicted octanol–water partition coefficient (Wildman–Crippen LogP) is 2.05. The van der Waals surface area contributed by atoms with Crippen LogP contribution < -0.4 is 5.32 Å². The van der Waals surface area contributed by atoms with Gasteiger partial charge in [-0.15, -0.1) is 0 Å². The van der Waals surface area contributed by atoms with Gasteiger partial charge in [0.2, 0.25) is 0 Å². The van der Waals surface area contributed by atoms with Gasteiger partial charge in [-0.25, -0.2) is 4.98 Å². The van der Waals surface area contributed by atoms with Gasteiger partial charge in [-0.1, -0.05) is 6.92 Å². The molecule has 13 heavy (non-hydrogen) atoms. The van der Waals surface area contributed by atoms with E-state index in [4.69, 9.17) is 4.74 Å². The van der Waals surface area contributed by atoms with Crippen LogP contribution in [0.4, 0.5) is 5.82 Å². The summed E-state index contributed by atoms with van der Waals surface area (Å²) in [6, 6.07) is 3.97. The van der Waals surface area contributed by atoms with Crippen LogP contribution in [0.3, 0.4) is 0 Å². The SMILES string of the molecule is CCCNc1cc(COC)ccn1. The van der Waals surface area contributed by atoms with Crippen LogP contribution in [0.15, 0.2) is 18.3 Å². The van der Waals surface area contributed by atoms with E-state index < -0.39 is 0 Å². The molecule has 0 aliphatic carbocycles. The Morgan fingerprint density at radius 2 is 2.38 bits per heavy atom. The first-order chi connectivity index (χ1) is 6.36. The molecule has 0 amide bonds. The third-order valence-electron chi connectivity index (χ3n) is 1.69. The van der Waals surface area contributed by atoms with E-state index in [0.717, 1.165) is 24.3 Å². The predicted molar refractivity (Wildman–Crippen MR) is 53.7 cm³/mol. The van der Waals surface area contributed by atoms with Crippen molar-refractivity contribution >= 4 is 5.82 Å². The Morgan fingerprint density at radius 3 is 3.08 bits per heavy atom. The second-order valence-electron chi connectivity index (χ2n) is 2.91. The Bertz CT molecular complexity index is 250. The number of rotatable bonds is 5. The number of methoxy groups -OCH3 is 1. The van der Waals surface area contributed by atoms with Crippen molar-refractivity contribution in [3.05, 3.63) is 23.9 Å². The molecule has 3 heteroatoms. The lowest BCUT2D eigenvalue weighted by Crippen LogP contribution is -2.02. The van der Waals surface area contributed by atoms with Gasteiger partial charge in [0.15, 0.2) is 0 Å². The van der Waals surface area contributed by atoms with Crippen molar-refractivity contribution in [1.29, 1.82) is 0 Å². The molecule has 0 aromatic carbocycles. The quantitative estimate of drug-likeness (QED) is 0.753. The number of ether oxygens (including phenoxy) is 1. The molecule has 0 bridgehead atoms. The number of nitrogens with zero attached hydrogens (tertiary/aromatic N) is 1. The summed E-state index contributed by atoms with van der Waals surface area (Å²) in [6.45, 7) is 3.73. The van der Waals surface area contributed by atoms with Crippen molar-refractivity contribution in [2.75, 3.05) is 19.0 Å². The molecule has 0 aliphatic heterocycles. The largest absolute Gasteiger partial charge is 0.380 e. The number of nitrogens with one attached hydrogen (secondary N) is 1. The van der Waals surface area contributed by atoms with Gasteiger partial charge < -0.3 is 10.1 Å². The van der Waals surface area contributed by atoms with Crippen molar-refractivity contribution in [2.45, 2.75) is 20.0 Å². The first kappa shape index (κ1) is 9.99. The van der Waals surface area contributed by atoms with Crippen molar-refractivity contribution in [2.24, 2.45) is 0 Å². The molecule has 72 valence electrons. The van der Waals surface area contributed by atoms with E-state index in [-0.39, 0.29) is 0 Å². The monoisotopic (exact) mass is 180 g/mol. The molecule has 1 aromatic heterocycles. The lowest BCUT2D eigenvalue weighted by molar-refractivity contribution is 0.185. The minimum Gasteiger partial charge on any atom is -0.380 e. The summed E-state index contributed by atoms with van der Waals surface area (Å²) in [5.74, 6) is 0.927. The number of aromatic nitrogens is 1. The maximum absolute atomic E-state index is 5.03. The van der Waals surface area contributed by atoms with Crippen molar-refractivity contribution in [3.63, 3.8) is 0 Å². The molecular formula is C10H16N2O. The molecule has 1 N–H and O–H groups in total. The van der Waals surface area contributed by atoms with E-state index in [9.17, 15) is 0 Å². The van der Waals surface area contributed by atoms with Crippen LogP contribution in [0.25, 0.3) is 0 Å². The Morgan fingerprint density at radius 1 is 1.54 bits per heavy atom. The van der Waals surface area contributed by atoms with Crippen molar-refractivity contribution in [1.82, 2.24) is 4.98 Å². The number of anilines is 1. The first-order valence-corrected chi connectivity index (χ1v) is 4.54. The van der Waals surface area contributed by atoms with Gasteiger partial charge in [-0.2, -0.15) is 0 Å². The lowest BCUT2D eigenvalue weighted by atomic mass is 10.3. The molecular weight excluding hydrogens is 164 g/mol. The zero-order chi connectivity index (χ0) is 9.52. The first-order valence-electron chi connectivity index (χ1n) is 4.54. The standard InChI is InChI=1S/C10H16N2O/c1-3-5-11-10-7-9(8-13-2)4-6-12-10/h4,6-7H,3,5,8H2,1-2H3,(H,11,12). The van der Waals surface area contributed by atoms with Crippen LogP contribution in [0.1, 0.15) is 18.9 Å². The summed E-state index contributed by atoms with van der Waals surface area (Å²) in [4.78, 5) is 4.19. The van der Waals surface area contributed by atoms with Crippen LogP contribution in [0.2, 0.25) is 0 Å². The van der Waals surface area contributed by atoms with Crippen molar-refractivity contribution in [3.8, 4) is 0 Å². The molecule has 0 atom stereocenters. The second kappa shape index (κ2) is 5.54. The Labute approximate surface area is 79.1 Å². The fourth-order valence-corrected chi connectivity index (χ4v) is 1.08. The van der Waals surface area contributed by atoms with E-state index in [0.29, 0.717) is 6.61 Å². The fourth-order valence-electron chi connectivity index (χ4n) is 1.08. The van der Waals surface area contributed by atoms with Crippen molar-refractivity contribution < 1.29 is 4.74 Å².